The Labute approximate surface area is 121 Å². The van der Waals surface area contributed by atoms with Crippen molar-refractivity contribution in [3.63, 3.8) is 0 Å². The quantitative estimate of drug-likeness (QED) is 0.608. The van der Waals surface area contributed by atoms with Crippen LogP contribution in [0.4, 0.5) is 0 Å². The van der Waals surface area contributed by atoms with Crippen molar-refractivity contribution in [1.29, 1.82) is 0 Å². The molecule has 0 bridgehead atoms. The highest BCUT2D eigenvalue weighted by atomic mass is 32.2. The Morgan fingerprint density at radius 1 is 1.42 bits per heavy atom. The molecule has 0 spiro atoms. The topological polar surface area (TPSA) is 47.9 Å². The lowest BCUT2D eigenvalue weighted by Gasteiger charge is -2.39. The first-order valence-corrected chi connectivity index (χ1v) is 8.27. The van der Waals surface area contributed by atoms with E-state index in [1.807, 2.05) is 11.8 Å². The molecule has 0 radical (unpaired) electrons. The summed E-state index contributed by atoms with van der Waals surface area (Å²) in [6, 6.07) is 0. The van der Waals surface area contributed by atoms with Crippen molar-refractivity contribution in [3.05, 3.63) is 0 Å². The second-order valence-electron chi connectivity index (χ2n) is 6.36. The summed E-state index contributed by atoms with van der Waals surface area (Å²) >= 11 is 2.04. The molecule has 1 heterocycles. The van der Waals surface area contributed by atoms with Gasteiger partial charge in [-0.15, -0.1) is 0 Å². The van der Waals surface area contributed by atoms with Crippen molar-refractivity contribution in [2.24, 2.45) is 10.4 Å². The molecule has 4 nitrogen and oxygen atoms in total. The number of aliphatic imine (C=N–C) groups is 1. The normalized spacial score (nSPS) is 25.3. The van der Waals surface area contributed by atoms with Crippen LogP contribution in [0.2, 0.25) is 0 Å². The van der Waals surface area contributed by atoms with E-state index in [-0.39, 0.29) is 12.0 Å². The summed E-state index contributed by atoms with van der Waals surface area (Å²) in [4.78, 5) is 7.14. The number of thioether (sulfide) groups is 1. The minimum absolute atomic E-state index is 0.0979. The maximum atomic E-state index is 9.39. The van der Waals surface area contributed by atoms with E-state index in [1.54, 1.807) is 0 Å². The average Bonchev–Trinajstić information content (AvgIpc) is 3.14. The third-order valence-corrected chi connectivity index (χ3v) is 5.21. The number of rotatable bonds is 4. The molecule has 0 aromatic rings. The van der Waals surface area contributed by atoms with Gasteiger partial charge in [0.2, 0.25) is 0 Å². The first kappa shape index (κ1) is 15.0. The van der Waals surface area contributed by atoms with Gasteiger partial charge in [-0.3, -0.25) is 4.99 Å². The summed E-state index contributed by atoms with van der Waals surface area (Å²) in [5.41, 5.74) is 0.0979. The molecule has 1 aliphatic heterocycles. The van der Waals surface area contributed by atoms with E-state index in [2.05, 4.69) is 31.0 Å². The van der Waals surface area contributed by atoms with E-state index in [1.165, 1.54) is 0 Å². The van der Waals surface area contributed by atoms with Gasteiger partial charge in [0.15, 0.2) is 5.96 Å². The van der Waals surface area contributed by atoms with Gasteiger partial charge in [0.25, 0.3) is 0 Å². The van der Waals surface area contributed by atoms with Gasteiger partial charge >= 0.3 is 0 Å². The molecule has 19 heavy (non-hydrogen) atoms. The second-order valence-corrected chi connectivity index (χ2v) is 8.16. The molecule has 110 valence electrons. The smallest absolute Gasteiger partial charge is 0.194 e. The third kappa shape index (κ3) is 4.02. The molecule has 1 aliphatic carbocycles. The molecule has 0 unspecified atom stereocenters. The van der Waals surface area contributed by atoms with Gasteiger partial charge in [-0.2, -0.15) is 11.8 Å². The Hall–Kier alpha value is -0.420. The van der Waals surface area contributed by atoms with Gasteiger partial charge in [-0.25, -0.2) is 0 Å². The summed E-state index contributed by atoms with van der Waals surface area (Å²) in [5.74, 6) is 2.18. The van der Waals surface area contributed by atoms with Crippen LogP contribution in [0.3, 0.4) is 0 Å². The van der Waals surface area contributed by atoms with Crippen molar-refractivity contribution in [2.45, 2.75) is 38.4 Å². The molecule has 2 aliphatic rings. The monoisotopic (exact) mass is 285 g/mol. The lowest BCUT2D eigenvalue weighted by molar-refractivity contribution is 0.216. The van der Waals surface area contributed by atoms with Crippen LogP contribution >= 0.6 is 11.8 Å². The number of aliphatic hydroxyl groups excluding tert-OH is 1. The first-order chi connectivity index (χ1) is 9.00. The molecule has 1 saturated heterocycles. The maximum Gasteiger partial charge on any atom is 0.194 e. The molecule has 2 rings (SSSR count). The summed E-state index contributed by atoms with van der Waals surface area (Å²) in [5, 5.41) is 12.8. The van der Waals surface area contributed by atoms with Gasteiger partial charge in [0.1, 0.15) is 0 Å². The van der Waals surface area contributed by atoms with Gasteiger partial charge in [-0.1, -0.05) is 0 Å². The molecule has 5 heteroatoms. The van der Waals surface area contributed by atoms with Gasteiger partial charge in [-0.05, 0) is 33.6 Å². The summed E-state index contributed by atoms with van der Waals surface area (Å²) in [6.07, 6.45) is 2.24. The molecule has 0 amide bonds. The van der Waals surface area contributed by atoms with Gasteiger partial charge < -0.3 is 15.3 Å². The summed E-state index contributed by atoms with van der Waals surface area (Å²) in [6.45, 7) is 10.7. The van der Waals surface area contributed by atoms with Crippen LogP contribution in [0.1, 0.15) is 33.6 Å². The predicted molar refractivity (Wildman–Crippen MR) is 82.8 cm³/mol. The van der Waals surface area contributed by atoms with E-state index in [0.29, 0.717) is 4.75 Å². The van der Waals surface area contributed by atoms with E-state index >= 15 is 0 Å². The number of hydrogen-bond acceptors (Lipinski definition) is 3. The van der Waals surface area contributed by atoms with Crippen LogP contribution in [0.15, 0.2) is 4.99 Å². The van der Waals surface area contributed by atoms with E-state index in [9.17, 15) is 5.11 Å². The molecule has 0 atom stereocenters. The lowest BCUT2D eigenvalue weighted by atomic mass is 10.1. The van der Waals surface area contributed by atoms with Crippen LogP contribution < -0.4 is 5.32 Å². The highest BCUT2D eigenvalue weighted by Crippen LogP contribution is 2.45. The fourth-order valence-electron chi connectivity index (χ4n) is 2.41. The number of guanidine groups is 1. The molecular formula is C14H27N3OS. The standard InChI is InChI=1S/C14H27N3OS/c1-4-15-12(16-9-14(11-18)5-6-14)17-7-8-19-13(2,3)10-17/h18H,4-11H2,1-3H3,(H,15,16). The molecule has 2 fully saturated rings. The molecule has 1 saturated carbocycles. The fraction of sp³-hybridized carbons (Fsp3) is 0.929. The molecule has 0 aromatic carbocycles. The number of nitrogens with zero attached hydrogens (tertiary/aromatic N) is 2. The number of aliphatic hydroxyl groups is 1. The van der Waals surface area contributed by atoms with Crippen molar-refractivity contribution < 1.29 is 5.11 Å². The number of hydrogen-bond donors (Lipinski definition) is 2. The van der Waals surface area contributed by atoms with E-state index < -0.39 is 0 Å². The summed E-state index contributed by atoms with van der Waals surface area (Å²) < 4.78 is 0.294. The zero-order valence-electron chi connectivity index (χ0n) is 12.4. The molecule has 2 N–H and O–H groups in total. The lowest BCUT2D eigenvalue weighted by Crippen LogP contribution is -2.51. The van der Waals surface area contributed by atoms with Gasteiger partial charge in [0.05, 0.1) is 13.2 Å². The zero-order chi connectivity index (χ0) is 13.9. The largest absolute Gasteiger partial charge is 0.396 e. The average molecular weight is 285 g/mol. The minimum atomic E-state index is 0.0979. The summed E-state index contributed by atoms with van der Waals surface area (Å²) in [7, 11) is 0. The van der Waals surface area contributed by atoms with Crippen LogP contribution in [-0.4, -0.2) is 59.3 Å². The van der Waals surface area contributed by atoms with Crippen LogP contribution in [0.25, 0.3) is 0 Å². The Bertz CT molecular complexity index is 340. The molecule has 0 aromatic heterocycles. The fourth-order valence-corrected chi connectivity index (χ4v) is 3.52. The highest BCUT2D eigenvalue weighted by molar-refractivity contribution is 8.00. The molecular weight excluding hydrogens is 258 g/mol. The Morgan fingerprint density at radius 3 is 2.68 bits per heavy atom. The second kappa shape index (κ2) is 5.92. The Kier molecular flexibility index (Phi) is 4.66. The van der Waals surface area contributed by atoms with E-state index in [0.717, 1.165) is 50.7 Å². The van der Waals surface area contributed by atoms with Gasteiger partial charge in [0, 0.05) is 35.5 Å². The minimum Gasteiger partial charge on any atom is -0.396 e. The first-order valence-electron chi connectivity index (χ1n) is 7.28. The van der Waals surface area contributed by atoms with Crippen molar-refractivity contribution in [1.82, 2.24) is 10.2 Å². The zero-order valence-corrected chi connectivity index (χ0v) is 13.2. The predicted octanol–water partition coefficient (Wildman–Crippen LogP) is 1.55. The van der Waals surface area contributed by atoms with Crippen molar-refractivity contribution >= 4 is 17.7 Å². The Balaban J connectivity index is 2.00. The van der Waals surface area contributed by atoms with Crippen molar-refractivity contribution in [2.75, 3.05) is 38.5 Å². The maximum absolute atomic E-state index is 9.39. The van der Waals surface area contributed by atoms with Crippen LogP contribution in [-0.2, 0) is 0 Å². The van der Waals surface area contributed by atoms with Crippen LogP contribution in [0, 0.1) is 5.41 Å². The highest BCUT2D eigenvalue weighted by Gasteiger charge is 2.42. The Morgan fingerprint density at radius 2 is 2.16 bits per heavy atom. The third-order valence-electron chi connectivity index (χ3n) is 3.92. The SMILES string of the molecule is CCNC(=NCC1(CO)CC1)N1CCSC(C)(C)C1. The van der Waals surface area contributed by atoms with E-state index in [4.69, 9.17) is 4.99 Å². The van der Waals surface area contributed by atoms with Crippen LogP contribution in [0.5, 0.6) is 0 Å². The number of nitrogens with one attached hydrogen (secondary N) is 1. The van der Waals surface area contributed by atoms with Crippen molar-refractivity contribution in [3.8, 4) is 0 Å².